The number of ether oxygens (including phenoxy) is 4. The van der Waals surface area contributed by atoms with E-state index in [1.165, 1.54) is 7.11 Å². The number of pyridine rings is 1. The predicted octanol–water partition coefficient (Wildman–Crippen LogP) is 5.70. The second-order valence-electron chi connectivity index (χ2n) is 11.9. The topological polar surface area (TPSA) is 99.2 Å². The van der Waals surface area contributed by atoms with Gasteiger partial charge < -0.3 is 24.3 Å². The fraction of sp³-hybridized carbons (Fsp3) is 0.394. The Hall–Kier alpha value is -4.18. The van der Waals surface area contributed by atoms with Gasteiger partial charge in [0.15, 0.2) is 0 Å². The molecule has 1 saturated carbocycles. The molecule has 1 aliphatic carbocycles. The molecule has 1 aliphatic heterocycles. The number of likely N-dealkylation sites (tertiary alicyclic amines) is 1. The van der Waals surface area contributed by atoms with Crippen molar-refractivity contribution < 1.29 is 28.5 Å². The Bertz CT molecular complexity index is 1560. The molecule has 2 heterocycles. The molecule has 3 aromatic rings. The van der Waals surface area contributed by atoms with Crippen molar-refractivity contribution in [1.29, 1.82) is 0 Å². The van der Waals surface area contributed by atoms with Crippen molar-refractivity contribution in [3.8, 4) is 22.8 Å². The SMILES string of the molecule is C=CC1C[C@]1(NC(=S)[C@@H]1CC(Oc2cc(-c3ccccc3)nc3cc(OC)ccc23)CN1C(=O)OC(C)(C)C)C(=O)OC. The summed E-state index contributed by atoms with van der Waals surface area (Å²) < 4.78 is 22.9. The zero-order valence-corrected chi connectivity index (χ0v) is 25.9. The summed E-state index contributed by atoms with van der Waals surface area (Å²) in [6, 6.07) is 16.8. The van der Waals surface area contributed by atoms with Crippen LogP contribution in [0.2, 0.25) is 0 Å². The lowest BCUT2D eigenvalue weighted by Gasteiger charge is -2.30. The van der Waals surface area contributed by atoms with E-state index in [0.29, 0.717) is 29.3 Å². The number of methoxy groups -OCH3 is 2. The molecule has 1 aromatic heterocycles. The van der Waals surface area contributed by atoms with Crippen molar-refractivity contribution in [2.45, 2.75) is 56.9 Å². The third-order valence-electron chi connectivity index (χ3n) is 7.73. The van der Waals surface area contributed by atoms with Crippen molar-refractivity contribution in [1.82, 2.24) is 15.2 Å². The number of thiocarbonyl (C=S) groups is 1. The Morgan fingerprint density at radius 1 is 1.14 bits per heavy atom. The van der Waals surface area contributed by atoms with Gasteiger partial charge in [0, 0.05) is 35.4 Å². The summed E-state index contributed by atoms with van der Waals surface area (Å²) in [6.07, 6.45) is 1.69. The first-order valence-corrected chi connectivity index (χ1v) is 14.6. The van der Waals surface area contributed by atoms with Crippen LogP contribution in [0, 0.1) is 5.92 Å². The zero-order valence-electron chi connectivity index (χ0n) is 25.1. The van der Waals surface area contributed by atoms with Crippen LogP contribution in [0.15, 0.2) is 67.3 Å². The number of hydrogen-bond acceptors (Lipinski definition) is 8. The van der Waals surface area contributed by atoms with E-state index in [4.69, 9.17) is 36.1 Å². The van der Waals surface area contributed by atoms with Crippen LogP contribution >= 0.6 is 12.2 Å². The van der Waals surface area contributed by atoms with Gasteiger partial charge >= 0.3 is 12.1 Å². The van der Waals surface area contributed by atoms with E-state index in [1.807, 2.05) is 75.4 Å². The molecule has 2 unspecified atom stereocenters. The standard InChI is InChI=1S/C33H37N3O6S/c1-7-21-18-33(21,30(37)40-6)35-29(43)27-16-23(19-36(27)31(38)42-32(2,3)4)41-28-17-25(20-11-9-8-10-12-20)34-26-15-22(39-5)13-14-24(26)28/h7-15,17,21,23,27H,1,16,18-19H2,2-6H3,(H,35,43)/t21?,23?,27-,33+/m0/s1. The number of carbonyl (C=O) groups is 2. The number of fused-ring (bicyclic) bond motifs is 1. The first-order valence-electron chi connectivity index (χ1n) is 14.2. The molecule has 0 bridgehead atoms. The minimum atomic E-state index is -0.989. The summed E-state index contributed by atoms with van der Waals surface area (Å²) >= 11 is 5.83. The van der Waals surface area contributed by atoms with E-state index >= 15 is 0 Å². The zero-order chi connectivity index (χ0) is 30.9. The van der Waals surface area contributed by atoms with Gasteiger partial charge in [-0.1, -0.05) is 48.6 Å². The third kappa shape index (κ3) is 6.29. The average molecular weight is 604 g/mol. The van der Waals surface area contributed by atoms with Crippen molar-refractivity contribution in [2.24, 2.45) is 5.92 Å². The molecule has 2 aliphatic rings. The number of benzene rings is 2. The van der Waals surface area contributed by atoms with Crippen molar-refractivity contribution >= 4 is 40.2 Å². The van der Waals surface area contributed by atoms with Gasteiger partial charge in [-0.2, -0.15) is 0 Å². The molecule has 1 amide bonds. The summed E-state index contributed by atoms with van der Waals surface area (Å²) in [5, 5.41) is 4.03. The molecule has 2 fully saturated rings. The summed E-state index contributed by atoms with van der Waals surface area (Å²) in [5.74, 6) is 0.765. The Morgan fingerprint density at radius 3 is 2.51 bits per heavy atom. The summed E-state index contributed by atoms with van der Waals surface area (Å²) in [4.78, 5) is 32.9. The Labute approximate surface area is 257 Å². The van der Waals surface area contributed by atoms with Crippen LogP contribution in [0.5, 0.6) is 11.5 Å². The molecule has 1 N–H and O–H groups in total. The Kier molecular flexibility index (Phi) is 8.34. The first-order chi connectivity index (χ1) is 20.5. The Balaban J connectivity index is 1.46. The van der Waals surface area contributed by atoms with E-state index in [-0.39, 0.29) is 12.5 Å². The number of nitrogens with one attached hydrogen (secondary N) is 1. The molecule has 43 heavy (non-hydrogen) atoms. The largest absolute Gasteiger partial charge is 0.497 e. The van der Waals surface area contributed by atoms with Crippen LogP contribution in [0.3, 0.4) is 0 Å². The smallest absolute Gasteiger partial charge is 0.411 e. The molecule has 0 spiro atoms. The normalized spacial score (nSPS) is 22.9. The molecule has 5 rings (SSSR count). The van der Waals surface area contributed by atoms with Gasteiger partial charge in [-0.3, -0.25) is 4.90 Å². The summed E-state index contributed by atoms with van der Waals surface area (Å²) in [5.41, 5.74) is 0.707. The highest BCUT2D eigenvalue weighted by molar-refractivity contribution is 7.80. The molecule has 0 radical (unpaired) electrons. The molecule has 4 atom stereocenters. The highest BCUT2D eigenvalue weighted by atomic mass is 32.1. The van der Waals surface area contributed by atoms with E-state index in [1.54, 1.807) is 18.1 Å². The number of aromatic nitrogens is 1. The van der Waals surface area contributed by atoms with Crippen LogP contribution in [-0.4, -0.2) is 71.0 Å². The van der Waals surface area contributed by atoms with Gasteiger partial charge in [-0.15, -0.1) is 6.58 Å². The Morgan fingerprint density at radius 2 is 1.88 bits per heavy atom. The molecule has 9 nitrogen and oxygen atoms in total. The van der Waals surface area contributed by atoms with Gasteiger partial charge in [0.25, 0.3) is 0 Å². The van der Waals surface area contributed by atoms with Crippen molar-refractivity contribution in [2.75, 3.05) is 20.8 Å². The quantitative estimate of drug-likeness (QED) is 0.197. The highest BCUT2D eigenvalue weighted by Gasteiger charge is 2.61. The second kappa shape index (κ2) is 11.8. The number of hydrogen-bond donors (Lipinski definition) is 1. The molecular weight excluding hydrogens is 566 g/mol. The number of rotatable bonds is 8. The maximum Gasteiger partial charge on any atom is 0.411 e. The van der Waals surface area contributed by atoms with Crippen LogP contribution in [0.4, 0.5) is 4.79 Å². The lowest BCUT2D eigenvalue weighted by Crippen LogP contribution is -2.53. The fourth-order valence-electron chi connectivity index (χ4n) is 5.48. The summed E-state index contributed by atoms with van der Waals surface area (Å²) in [6.45, 7) is 9.51. The number of amides is 1. The summed E-state index contributed by atoms with van der Waals surface area (Å²) in [7, 11) is 2.96. The maximum atomic E-state index is 13.4. The maximum absolute atomic E-state index is 13.4. The van der Waals surface area contributed by atoms with E-state index in [0.717, 1.165) is 22.2 Å². The molecular formula is C33H37N3O6S. The number of esters is 1. The highest BCUT2D eigenvalue weighted by Crippen LogP contribution is 2.46. The lowest BCUT2D eigenvalue weighted by molar-refractivity contribution is -0.144. The van der Waals surface area contributed by atoms with E-state index < -0.39 is 35.3 Å². The minimum Gasteiger partial charge on any atom is -0.497 e. The molecule has 1 saturated heterocycles. The van der Waals surface area contributed by atoms with Gasteiger partial charge in [-0.25, -0.2) is 14.6 Å². The number of carbonyl (C=O) groups excluding carboxylic acids is 2. The average Bonchev–Trinajstić information content (AvgIpc) is 3.54. The van der Waals surface area contributed by atoms with E-state index in [2.05, 4.69) is 11.9 Å². The van der Waals surface area contributed by atoms with Crippen molar-refractivity contribution in [3.05, 3.63) is 67.3 Å². The monoisotopic (exact) mass is 603 g/mol. The predicted molar refractivity (Wildman–Crippen MR) is 168 cm³/mol. The van der Waals surface area contributed by atoms with Crippen LogP contribution in [0.1, 0.15) is 33.6 Å². The first kappa shape index (κ1) is 30.3. The third-order valence-corrected chi connectivity index (χ3v) is 8.10. The van der Waals surface area contributed by atoms with Crippen molar-refractivity contribution in [3.63, 3.8) is 0 Å². The minimum absolute atomic E-state index is 0.127. The van der Waals surface area contributed by atoms with Crippen LogP contribution in [-0.2, 0) is 14.3 Å². The van der Waals surface area contributed by atoms with Gasteiger partial charge in [-0.05, 0) is 39.3 Å². The van der Waals surface area contributed by atoms with E-state index in [9.17, 15) is 9.59 Å². The lowest BCUT2D eigenvalue weighted by atomic mass is 10.1. The molecule has 2 aromatic carbocycles. The van der Waals surface area contributed by atoms with Gasteiger partial charge in [0.05, 0.1) is 43.0 Å². The number of nitrogens with zero attached hydrogens (tertiary/aromatic N) is 2. The molecule has 226 valence electrons. The van der Waals surface area contributed by atoms with Crippen LogP contribution < -0.4 is 14.8 Å². The van der Waals surface area contributed by atoms with Gasteiger partial charge in [0.1, 0.15) is 28.7 Å². The fourth-order valence-corrected chi connectivity index (χ4v) is 5.88. The van der Waals surface area contributed by atoms with Gasteiger partial charge in [0.2, 0.25) is 0 Å². The van der Waals surface area contributed by atoms with Crippen LogP contribution in [0.25, 0.3) is 22.2 Å². The second-order valence-corrected chi connectivity index (χ2v) is 12.3. The molecule has 10 heteroatoms.